The summed E-state index contributed by atoms with van der Waals surface area (Å²) in [6.07, 6.45) is 10.0. The number of benzene rings is 1. The van der Waals surface area contributed by atoms with E-state index >= 15 is 0 Å². The molecule has 1 aromatic carbocycles. The molecule has 0 bridgehead atoms. The lowest BCUT2D eigenvalue weighted by molar-refractivity contribution is 0.373. The van der Waals surface area contributed by atoms with E-state index in [9.17, 15) is 0 Å². The van der Waals surface area contributed by atoms with Gasteiger partial charge in [-0.15, -0.1) is 0 Å². The lowest BCUT2D eigenvalue weighted by Crippen LogP contribution is -2.30. The summed E-state index contributed by atoms with van der Waals surface area (Å²) in [5.41, 5.74) is 3.33. The summed E-state index contributed by atoms with van der Waals surface area (Å²) in [5, 5.41) is 0. The van der Waals surface area contributed by atoms with E-state index in [1.54, 1.807) is 5.56 Å². The maximum Gasteiger partial charge on any atom is 0.0157 e. The summed E-state index contributed by atoms with van der Waals surface area (Å²) in [6.45, 7) is 0. The van der Waals surface area contributed by atoms with Crippen LogP contribution >= 0.6 is 15.9 Å². The maximum absolute atomic E-state index is 3.79. The monoisotopic (exact) mass is 262 g/mol. The Balaban J connectivity index is 2.04. The quantitative estimate of drug-likeness (QED) is 0.612. The van der Waals surface area contributed by atoms with Gasteiger partial charge in [-0.2, -0.15) is 0 Å². The molecule has 1 saturated carbocycles. The molecule has 0 amide bonds. The van der Waals surface area contributed by atoms with Crippen LogP contribution < -0.4 is 0 Å². The number of rotatable bonds is 0. The zero-order valence-electron chi connectivity index (χ0n) is 8.75. The first-order chi connectivity index (χ1) is 7.30. The normalized spacial score (nSPS) is 33.3. The maximum atomic E-state index is 3.79. The number of hydrogen-bond acceptors (Lipinski definition) is 0. The Labute approximate surface area is 99.5 Å². The first-order valence-electron chi connectivity index (χ1n) is 5.73. The Morgan fingerprint density at radius 1 is 1.27 bits per heavy atom. The minimum Gasteiger partial charge on any atom is -0.0890 e. The number of allylic oxidation sites excluding steroid dienone is 1. The van der Waals surface area contributed by atoms with Gasteiger partial charge in [0, 0.05) is 10.2 Å². The molecule has 0 N–H and O–H groups in total. The molecule has 0 saturated heterocycles. The number of alkyl halides is 1. The molecule has 0 radical (unpaired) electrons. The minimum absolute atomic E-state index is 0.350. The number of fused-ring (bicyclic) bond motifs is 2. The van der Waals surface area contributed by atoms with E-state index in [1.165, 1.54) is 31.2 Å². The van der Waals surface area contributed by atoms with Gasteiger partial charge in [-0.05, 0) is 30.4 Å². The van der Waals surface area contributed by atoms with Gasteiger partial charge in [0.25, 0.3) is 0 Å². The fourth-order valence-electron chi connectivity index (χ4n) is 3.07. The van der Waals surface area contributed by atoms with Gasteiger partial charge < -0.3 is 0 Å². The van der Waals surface area contributed by atoms with Crippen LogP contribution in [0.15, 0.2) is 30.3 Å². The molecule has 1 heteroatoms. The predicted molar refractivity (Wildman–Crippen MR) is 68.3 cm³/mol. The van der Waals surface area contributed by atoms with Crippen LogP contribution in [0.1, 0.15) is 36.8 Å². The van der Waals surface area contributed by atoms with E-state index in [4.69, 9.17) is 0 Å². The fraction of sp³-hybridized carbons (Fsp3) is 0.429. The smallest absolute Gasteiger partial charge is 0.0157 e. The third kappa shape index (κ3) is 1.48. The minimum atomic E-state index is 0.350. The molecule has 0 aliphatic heterocycles. The van der Waals surface area contributed by atoms with Crippen LogP contribution in [-0.2, 0) is 5.41 Å². The Hall–Kier alpha value is -0.560. The van der Waals surface area contributed by atoms with Crippen molar-refractivity contribution in [3.63, 3.8) is 0 Å². The molecule has 78 valence electrons. The van der Waals surface area contributed by atoms with Crippen LogP contribution in [0.5, 0.6) is 0 Å². The third-order valence-electron chi connectivity index (χ3n) is 3.81. The highest BCUT2D eigenvalue weighted by molar-refractivity contribution is 9.09. The van der Waals surface area contributed by atoms with Crippen LogP contribution in [0.25, 0.3) is 6.08 Å². The van der Waals surface area contributed by atoms with Gasteiger partial charge in [0.15, 0.2) is 0 Å². The molecule has 2 aliphatic carbocycles. The molecule has 15 heavy (non-hydrogen) atoms. The number of halogens is 1. The fourth-order valence-corrected chi connectivity index (χ4v) is 3.97. The first-order valence-corrected chi connectivity index (χ1v) is 6.65. The van der Waals surface area contributed by atoms with E-state index in [0.717, 1.165) is 0 Å². The zero-order chi connectivity index (χ0) is 10.3. The average Bonchev–Trinajstić information content (AvgIpc) is 2.59. The van der Waals surface area contributed by atoms with E-state index in [1.807, 2.05) is 0 Å². The summed E-state index contributed by atoms with van der Waals surface area (Å²) in [4.78, 5) is 0.696. The van der Waals surface area contributed by atoms with E-state index < -0.39 is 0 Å². The van der Waals surface area contributed by atoms with Crippen molar-refractivity contribution in [3.05, 3.63) is 41.5 Å². The molecular weight excluding hydrogens is 248 g/mol. The summed E-state index contributed by atoms with van der Waals surface area (Å²) in [5.74, 6) is 0. The topological polar surface area (TPSA) is 0 Å². The highest BCUT2D eigenvalue weighted by Gasteiger charge is 2.38. The van der Waals surface area contributed by atoms with Gasteiger partial charge in [0.2, 0.25) is 0 Å². The molecule has 0 heterocycles. The lowest BCUT2D eigenvalue weighted by atomic mass is 9.71. The van der Waals surface area contributed by atoms with Gasteiger partial charge >= 0.3 is 0 Å². The molecular formula is C14H15Br. The summed E-state index contributed by atoms with van der Waals surface area (Å²) < 4.78 is 0. The van der Waals surface area contributed by atoms with Crippen molar-refractivity contribution in [2.75, 3.05) is 0 Å². The first kappa shape index (κ1) is 9.65. The van der Waals surface area contributed by atoms with E-state index in [2.05, 4.69) is 52.3 Å². The van der Waals surface area contributed by atoms with Crippen molar-refractivity contribution in [1.29, 1.82) is 0 Å². The third-order valence-corrected chi connectivity index (χ3v) is 4.59. The van der Waals surface area contributed by atoms with Crippen molar-refractivity contribution in [2.45, 2.75) is 35.9 Å². The summed E-state index contributed by atoms with van der Waals surface area (Å²) in [6, 6.07) is 8.85. The Morgan fingerprint density at radius 2 is 2.13 bits per heavy atom. The molecule has 3 rings (SSSR count). The van der Waals surface area contributed by atoms with Gasteiger partial charge in [0.1, 0.15) is 0 Å². The van der Waals surface area contributed by atoms with E-state index in [-0.39, 0.29) is 0 Å². The van der Waals surface area contributed by atoms with Crippen molar-refractivity contribution in [2.24, 2.45) is 0 Å². The molecule has 2 aliphatic rings. The molecule has 1 fully saturated rings. The lowest BCUT2D eigenvalue weighted by Gasteiger charge is -2.36. The van der Waals surface area contributed by atoms with Crippen molar-refractivity contribution >= 4 is 22.0 Å². The summed E-state index contributed by atoms with van der Waals surface area (Å²) in [7, 11) is 0. The van der Waals surface area contributed by atoms with Crippen molar-refractivity contribution in [3.8, 4) is 0 Å². The average molecular weight is 263 g/mol. The Bertz CT molecular complexity index is 408. The molecule has 2 atom stereocenters. The highest BCUT2D eigenvalue weighted by atomic mass is 79.9. The highest BCUT2D eigenvalue weighted by Crippen LogP contribution is 2.47. The molecule has 2 unspecified atom stereocenters. The SMILES string of the molecule is BrC1CCCC2(C=Cc3ccccc32)C1. The zero-order valence-corrected chi connectivity index (χ0v) is 10.3. The molecule has 0 nitrogen and oxygen atoms in total. The standard InChI is InChI=1S/C14H15Br/c15-12-5-3-8-14(10-12)9-7-11-4-1-2-6-13(11)14/h1-2,4,6-7,9,12H,3,5,8,10H2. The summed E-state index contributed by atoms with van der Waals surface area (Å²) >= 11 is 3.79. The van der Waals surface area contributed by atoms with Crippen molar-refractivity contribution < 1.29 is 0 Å². The molecule has 1 aromatic rings. The van der Waals surface area contributed by atoms with E-state index in [0.29, 0.717) is 10.2 Å². The van der Waals surface area contributed by atoms with Gasteiger partial charge in [-0.25, -0.2) is 0 Å². The van der Waals surface area contributed by atoms with Crippen LogP contribution in [0, 0.1) is 0 Å². The Morgan fingerprint density at radius 3 is 3.00 bits per heavy atom. The van der Waals surface area contributed by atoms with Gasteiger partial charge in [0.05, 0.1) is 0 Å². The van der Waals surface area contributed by atoms with Crippen molar-refractivity contribution in [1.82, 2.24) is 0 Å². The largest absolute Gasteiger partial charge is 0.0890 e. The number of hydrogen-bond donors (Lipinski definition) is 0. The molecule has 1 spiro atoms. The Kier molecular flexibility index (Phi) is 2.24. The second-order valence-electron chi connectivity index (χ2n) is 4.77. The van der Waals surface area contributed by atoms with Crippen LogP contribution in [-0.4, -0.2) is 4.83 Å². The second kappa shape index (κ2) is 3.48. The van der Waals surface area contributed by atoms with Gasteiger partial charge in [-0.1, -0.05) is 58.8 Å². The van der Waals surface area contributed by atoms with Crippen LogP contribution in [0.4, 0.5) is 0 Å². The second-order valence-corrected chi connectivity index (χ2v) is 6.07. The molecule has 0 aromatic heterocycles. The predicted octanol–water partition coefficient (Wildman–Crippen LogP) is 4.29. The van der Waals surface area contributed by atoms with Crippen LogP contribution in [0.3, 0.4) is 0 Å². The van der Waals surface area contributed by atoms with Gasteiger partial charge in [-0.3, -0.25) is 0 Å². The van der Waals surface area contributed by atoms with Crippen LogP contribution in [0.2, 0.25) is 0 Å².